The highest BCUT2D eigenvalue weighted by atomic mass is 16.1. The van der Waals surface area contributed by atoms with E-state index in [0.29, 0.717) is 5.82 Å². The van der Waals surface area contributed by atoms with Crippen LogP contribution in [0.5, 0.6) is 0 Å². The highest BCUT2D eigenvalue weighted by molar-refractivity contribution is 5.90. The van der Waals surface area contributed by atoms with Crippen molar-refractivity contribution in [2.45, 2.75) is 0 Å². The second-order valence-electron chi connectivity index (χ2n) is 1.80. The summed E-state index contributed by atoms with van der Waals surface area (Å²) in [5.74, 6) is 4.69. The van der Waals surface area contributed by atoms with Gasteiger partial charge in [-0.15, -0.1) is 0 Å². The smallest absolute Gasteiger partial charge is 0.268 e. The van der Waals surface area contributed by atoms with Crippen molar-refractivity contribution in [1.29, 1.82) is 0 Å². The van der Waals surface area contributed by atoms with Crippen LogP contribution >= 0.6 is 0 Å². The number of hydrogen-bond acceptors (Lipinski definition) is 5. The summed E-state index contributed by atoms with van der Waals surface area (Å²) in [6.45, 7) is 0. The summed E-state index contributed by atoms with van der Waals surface area (Å²) in [5, 5.41) is 0. The van der Waals surface area contributed by atoms with Gasteiger partial charge in [0.2, 0.25) is 0 Å². The third kappa shape index (κ3) is 1.62. The molecule has 0 unspecified atom stereocenters. The van der Waals surface area contributed by atoms with Gasteiger partial charge in [0.1, 0.15) is 5.69 Å². The summed E-state index contributed by atoms with van der Waals surface area (Å²) in [7, 11) is 0. The standard InChI is InChI=1S/C5H7N5O/c6-5(11)3-1-8-2-4(9-3)10-7/h1-2H,7H2,(H2,6,11)(H,9,10). The molecule has 0 aliphatic carbocycles. The van der Waals surface area contributed by atoms with Gasteiger partial charge >= 0.3 is 0 Å². The van der Waals surface area contributed by atoms with Crippen LogP contribution in [0.15, 0.2) is 12.4 Å². The van der Waals surface area contributed by atoms with E-state index in [1.807, 2.05) is 0 Å². The number of primary amides is 1. The zero-order valence-corrected chi connectivity index (χ0v) is 5.61. The van der Waals surface area contributed by atoms with Gasteiger partial charge in [0.25, 0.3) is 5.91 Å². The number of hydrazine groups is 1. The molecule has 0 bridgehead atoms. The molecule has 0 fully saturated rings. The Hall–Kier alpha value is -1.69. The first-order valence-electron chi connectivity index (χ1n) is 2.82. The predicted octanol–water partition coefficient (Wildman–Crippen LogP) is -1.14. The minimum Gasteiger partial charge on any atom is -0.364 e. The SMILES string of the molecule is NNc1cncc(C(N)=O)n1. The Morgan fingerprint density at radius 1 is 1.55 bits per heavy atom. The maximum absolute atomic E-state index is 10.5. The lowest BCUT2D eigenvalue weighted by atomic mass is 10.4. The number of carbonyl (C=O) groups is 1. The number of carbonyl (C=O) groups excluding carboxylic acids is 1. The summed E-state index contributed by atoms with van der Waals surface area (Å²) < 4.78 is 0. The molecule has 6 heteroatoms. The fourth-order valence-electron chi connectivity index (χ4n) is 0.554. The molecule has 6 nitrogen and oxygen atoms in total. The van der Waals surface area contributed by atoms with Crippen molar-refractivity contribution >= 4 is 11.7 Å². The molecule has 5 N–H and O–H groups in total. The number of nitrogen functional groups attached to an aromatic ring is 1. The average Bonchev–Trinajstić information content (AvgIpc) is 2.05. The molecule has 1 rings (SSSR count). The van der Waals surface area contributed by atoms with Crippen LogP contribution in [-0.2, 0) is 0 Å². The van der Waals surface area contributed by atoms with Crippen LogP contribution in [0.3, 0.4) is 0 Å². The molecule has 0 aliphatic rings. The Bertz CT molecular complexity index is 273. The number of nitrogens with two attached hydrogens (primary N) is 2. The van der Waals surface area contributed by atoms with Crippen molar-refractivity contribution in [1.82, 2.24) is 9.97 Å². The number of anilines is 1. The Morgan fingerprint density at radius 3 is 2.82 bits per heavy atom. The largest absolute Gasteiger partial charge is 0.364 e. The molecule has 0 radical (unpaired) electrons. The summed E-state index contributed by atoms with van der Waals surface area (Å²) in [6, 6.07) is 0. The van der Waals surface area contributed by atoms with E-state index in [1.54, 1.807) is 0 Å². The summed E-state index contributed by atoms with van der Waals surface area (Å²) in [4.78, 5) is 17.9. The van der Waals surface area contributed by atoms with E-state index in [-0.39, 0.29) is 5.69 Å². The van der Waals surface area contributed by atoms with Gasteiger partial charge in [0.05, 0.1) is 12.4 Å². The molecule has 58 valence electrons. The number of hydrogen-bond donors (Lipinski definition) is 3. The lowest BCUT2D eigenvalue weighted by Crippen LogP contribution is -2.16. The molecule has 1 amide bonds. The van der Waals surface area contributed by atoms with E-state index in [2.05, 4.69) is 15.4 Å². The molecule has 0 saturated heterocycles. The molecular formula is C5H7N5O. The number of aromatic nitrogens is 2. The summed E-state index contributed by atoms with van der Waals surface area (Å²) in [6.07, 6.45) is 2.65. The molecule has 0 saturated carbocycles. The minimum absolute atomic E-state index is 0.0838. The van der Waals surface area contributed by atoms with Gasteiger partial charge in [0.15, 0.2) is 5.82 Å². The maximum atomic E-state index is 10.5. The third-order valence-corrected chi connectivity index (χ3v) is 1.03. The van der Waals surface area contributed by atoms with Gasteiger partial charge in [-0.05, 0) is 0 Å². The van der Waals surface area contributed by atoms with E-state index in [4.69, 9.17) is 11.6 Å². The Kier molecular flexibility index (Phi) is 1.98. The molecule has 0 atom stereocenters. The lowest BCUT2D eigenvalue weighted by Gasteiger charge is -1.97. The normalized spacial score (nSPS) is 9.18. The first kappa shape index (κ1) is 7.42. The topological polar surface area (TPSA) is 107 Å². The van der Waals surface area contributed by atoms with Crippen LogP contribution in [0.2, 0.25) is 0 Å². The average molecular weight is 153 g/mol. The van der Waals surface area contributed by atoms with Gasteiger partial charge in [-0.1, -0.05) is 0 Å². The molecule has 11 heavy (non-hydrogen) atoms. The van der Waals surface area contributed by atoms with Crippen molar-refractivity contribution in [2.24, 2.45) is 11.6 Å². The summed E-state index contributed by atoms with van der Waals surface area (Å²) in [5.41, 5.74) is 7.25. The van der Waals surface area contributed by atoms with Crippen molar-refractivity contribution in [3.63, 3.8) is 0 Å². The zero-order chi connectivity index (χ0) is 8.27. The monoisotopic (exact) mass is 153 g/mol. The Balaban J connectivity index is 3.01. The van der Waals surface area contributed by atoms with Gasteiger partial charge in [-0.3, -0.25) is 9.78 Å². The van der Waals surface area contributed by atoms with E-state index < -0.39 is 5.91 Å². The van der Waals surface area contributed by atoms with Gasteiger partial charge in [-0.25, -0.2) is 10.8 Å². The van der Waals surface area contributed by atoms with Crippen LogP contribution in [0, 0.1) is 0 Å². The Morgan fingerprint density at radius 2 is 2.27 bits per heavy atom. The predicted molar refractivity (Wildman–Crippen MR) is 38.4 cm³/mol. The molecule has 0 aromatic carbocycles. The van der Waals surface area contributed by atoms with Crippen LogP contribution in [-0.4, -0.2) is 15.9 Å². The number of rotatable bonds is 2. The molecule has 0 spiro atoms. The molecule has 0 aliphatic heterocycles. The molecule has 1 heterocycles. The van der Waals surface area contributed by atoms with Gasteiger partial charge in [-0.2, -0.15) is 0 Å². The van der Waals surface area contributed by atoms with E-state index in [0.717, 1.165) is 0 Å². The van der Waals surface area contributed by atoms with Crippen LogP contribution in [0.25, 0.3) is 0 Å². The third-order valence-electron chi connectivity index (χ3n) is 1.03. The number of nitrogens with zero attached hydrogens (tertiary/aromatic N) is 2. The summed E-state index contributed by atoms with van der Waals surface area (Å²) >= 11 is 0. The fourth-order valence-corrected chi connectivity index (χ4v) is 0.554. The quantitative estimate of drug-likeness (QED) is 0.367. The highest BCUT2D eigenvalue weighted by Crippen LogP contribution is 1.97. The number of nitrogens with one attached hydrogen (secondary N) is 1. The van der Waals surface area contributed by atoms with Crippen LogP contribution in [0.4, 0.5) is 5.82 Å². The van der Waals surface area contributed by atoms with E-state index in [1.165, 1.54) is 12.4 Å². The highest BCUT2D eigenvalue weighted by Gasteiger charge is 2.01. The zero-order valence-electron chi connectivity index (χ0n) is 5.61. The fraction of sp³-hybridized carbons (Fsp3) is 0. The molecule has 1 aromatic heterocycles. The van der Waals surface area contributed by atoms with Crippen molar-refractivity contribution in [3.05, 3.63) is 18.1 Å². The van der Waals surface area contributed by atoms with Crippen LogP contribution < -0.4 is 17.0 Å². The number of amides is 1. The minimum atomic E-state index is -0.630. The maximum Gasteiger partial charge on any atom is 0.268 e. The second-order valence-corrected chi connectivity index (χ2v) is 1.80. The Labute approximate surface area is 62.6 Å². The second kappa shape index (κ2) is 2.93. The first-order chi connectivity index (χ1) is 5.24. The first-order valence-corrected chi connectivity index (χ1v) is 2.82. The molecule has 1 aromatic rings. The van der Waals surface area contributed by atoms with Gasteiger partial charge < -0.3 is 11.2 Å². The van der Waals surface area contributed by atoms with E-state index in [9.17, 15) is 4.79 Å². The van der Waals surface area contributed by atoms with Gasteiger partial charge in [0, 0.05) is 0 Å². The van der Waals surface area contributed by atoms with Crippen molar-refractivity contribution < 1.29 is 4.79 Å². The van der Waals surface area contributed by atoms with Crippen molar-refractivity contribution in [3.8, 4) is 0 Å². The lowest BCUT2D eigenvalue weighted by molar-refractivity contribution is 0.0995. The van der Waals surface area contributed by atoms with Crippen LogP contribution in [0.1, 0.15) is 10.5 Å². The van der Waals surface area contributed by atoms with E-state index >= 15 is 0 Å². The molecular weight excluding hydrogens is 146 g/mol. The van der Waals surface area contributed by atoms with Crippen molar-refractivity contribution in [2.75, 3.05) is 5.43 Å².